The molecule has 19 heavy (non-hydrogen) atoms. The molecule has 0 amide bonds. The number of aromatic nitrogens is 2. The van der Waals surface area contributed by atoms with Crippen molar-refractivity contribution in [1.82, 2.24) is 9.97 Å². The Morgan fingerprint density at radius 2 is 2.26 bits per heavy atom. The fourth-order valence-electron chi connectivity index (χ4n) is 3.14. The number of fused-ring (bicyclic) bond motifs is 1. The van der Waals surface area contributed by atoms with E-state index in [9.17, 15) is 0 Å². The number of nitrogens with zero attached hydrogens (tertiary/aromatic N) is 2. The molecule has 2 aromatic rings. The van der Waals surface area contributed by atoms with E-state index in [4.69, 9.17) is 11.6 Å². The summed E-state index contributed by atoms with van der Waals surface area (Å²) >= 11 is 7.61. The van der Waals surface area contributed by atoms with E-state index in [1.807, 2.05) is 5.38 Å². The van der Waals surface area contributed by atoms with Gasteiger partial charge in [0.15, 0.2) is 0 Å². The van der Waals surface area contributed by atoms with Gasteiger partial charge in [0.1, 0.15) is 10.6 Å². The third-order valence-corrected chi connectivity index (χ3v) is 5.35. The molecule has 2 heterocycles. The summed E-state index contributed by atoms with van der Waals surface area (Å²) in [6.07, 6.45) is 3.78. The molecule has 1 saturated carbocycles. The highest BCUT2D eigenvalue weighted by Crippen LogP contribution is 2.37. The average Bonchev–Trinajstić information content (AvgIpc) is 2.97. The molecule has 3 unspecified atom stereocenters. The highest BCUT2D eigenvalue weighted by molar-refractivity contribution is 7.16. The molecule has 0 aromatic carbocycles. The van der Waals surface area contributed by atoms with Gasteiger partial charge in [-0.05, 0) is 47.7 Å². The van der Waals surface area contributed by atoms with Crippen LogP contribution in [0, 0.1) is 11.8 Å². The number of anilines is 1. The van der Waals surface area contributed by atoms with E-state index in [-0.39, 0.29) is 0 Å². The van der Waals surface area contributed by atoms with E-state index in [2.05, 4.69) is 35.2 Å². The molecule has 3 atom stereocenters. The summed E-state index contributed by atoms with van der Waals surface area (Å²) in [5.41, 5.74) is 0. The van der Waals surface area contributed by atoms with Gasteiger partial charge in [-0.2, -0.15) is 0 Å². The van der Waals surface area contributed by atoms with E-state index >= 15 is 0 Å². The molecular weight excluding hydrogens is 278 g/mol. The molecule has 102 valence electrons. The van der Waals surface area contributed by atoms with Crippen molar-refractivity contribution in [3.05, 3.63) is 16.7 Å². The van der Waals surface area contributed by atoms with Crippen molar-refractivity contribution in [2.75, 3.05) is 5.32 Å². The second kappa shape index (κ2) is 5.25. The van der Waals surface area contributed by atoms with Crippen LogP contribution in [-0.4, -0.2) is 16.0 Å². The Hall–Kier alpha value is -0.870. The van der Waals surface area contributed by atoms with Crippen molar-refractivity contribution in [3.63, 3.8) is 0 Å². The van der Waals surface area contributed by atoms with Gasteiger partial charge in [-0.3, -0.25) is 0 Å². The average molecular weight is 296 g/mol. The first-order chi connectivity index (χ1) is 9.19. The molecule has 1 fully saturated rings. The van der Waals surface area contributed by atoms with Gasteiger partial charge in [-0.15, -0.1) is 11.3 Å². The van der Waals surface area contributed by atoms with Crippen molar-refractivity contribution in [3.8, 4) is 0 Å². The van der Waals surface area contributed by atoms with Crippen LogP contribution in [0.2, 0.25) is 5.28 Å². The standard InChI is InChI=1S/C14H18ClN3S/c1-3-9-4-5-11(8(9)2)16-12-10-6-7-19-13(10)18-14(15)17-12/h6-9,11H,3-5H2,1-2H3,(H,16,17,18). The van der Waals surface area contributed by atoms with E-state index in [0.29, 0.717) is 17.2 Å². The molecule has 3 nitrogen and oxygen atoms in total. The zero-order chi connectivity index (χ0) is 13.4. The van der Waals surface area contributed by atoms with Crippen LogP contribution < -0.4 is 5.32 Å². The summed E-state index contributed by atoms with van der Waals surface area (Å²) in [6, 6.07) is 2.56. The van der Waals surface area contributed by atoms with Gasteiger partial charge in [-0.1, -0.05) is 20.3 Å². The van der Waals surface area contributed by atoms with E-state index < -0.39 is 0 Å². The molecule has 2 aromatic heterocycles. The predicted molar refractivity (Wildman–Crippen MR) is 82.0 cm³/mol. The van der Waals surface area contributed by atoms with Gasteiger partial charge in [-0.25, -0.2) is 9.97 Å². The van der Waals surface area contributed by atoms with Gasteiger partial charge < -0.3 is 5.32 Å². The lowest BCUT2D eigenvalue weighted by molar-refractivity contribution is 0.391. The number of thiophene rings is 1. The highest BCUT2D eigenvalue weighted by Gasteiger charge is 2.32. The SMILES string of the molecule is CCC1CCC(Nc2nc(Cl)nc3sccc23)C1C. The Morgan fingerprint density at radius 1 is 1.42 bits per heavy atom. The predicted octanol–water partition coefficient (Wildman–Crippen LogP) is 4.58. The Morgan fingerprint density at radius 3 is 3.00 bits per heavy atom. The van der Waals surface area contributed by atoms with Crippen molar-refractivity contribution in [1.29, 1.82) is 0 Å². The minimum Gasteiger partial charge on any atom is -0.366 e. The molecule has 1 aliphatic carbocycles. The molecule has 1 N–H and O–H groups in total. The van der Waals surface area contributed by atoms with E-state index in [1.165, 1.54) is 19.3 Å². The van der Waals surface area contributed by atoms with Crippen LogP contribution in [0.1, 0.15) is 33.1 Å². The molecule has 0 radical (unpaired) electrons. The summed E-state index contributed by atoms with van der Waals surface area (Å²) < 4.78 is 0. The first-order valence-electron chi connectivity index (χ1n) is 6.86. The maximum absolute atomic E-state index is 6.00. The minimum absolute atomic E-state index is 0.329. The molecule has 0 saturated heterocycles. The van der Waals surface area contributed by atoms with Gasteiger partial charge in [0.25, 0.3) is 0 Å². The van der Waals surface area contributed by atoms with Crippen molar-refractivity contribution in [2.24, 2.45) is 11.8 Å². The summed E-state index contributed by atoms with van der Waals surface area (Å²) in [5.74, 6) is 2.41. The fourth-order valence-corrected chi connectivity index (χ4v) is 4.13. The minimum atomic E-state index is 0.329. The van der Waals surface area contributed by atoms with Gasteiger partial charge in [0, 0.05) is 6.04 Å². The van der Waals surface area contributed by atoms with Gasteiger partial charge in [0.2, 0.25) is 5.28 Å². The zero-order valence-corrected chi connectivity index (χ0v) is 12.8. The third-order valence-electron chi connectivity index (χ3n) is 4.37. The van der Waals surface area contributed by atoms with Crippen LogP contribution in [0.25, 0.3) is 10.2 Å². The van der Waals surface area contributed by atoms with Crippen LogP contribution in [0.15, 0.2) is 11.4 Å². The fraction of sp³-hybridized carbons (Fsp3) is 0.571. The molecule has 1 aliphatic rings. The number of rotatable bonds is 3. The molecular formula is C14H18ClN3S. The molecule has 3 rings (SSSR count). The van der Waals surface area contributed by atoms with E-state index in [0.717, 1.165) is 22.0 Å². The van der Waals surface area contributed by atoms with Gasteiger partial charge in [0.05, 0.1) is 5.39 Å². The first-order valence-corrected chi connectivity index (χ1v) is 8.12. The first kappa shape index (κ1) is 13.1. The maximum atomic E-state index is 6.00. The van der Waals surface area contributed by atoms with Crippen molar-refractivity contribution >= 4 is 39.0 Å². The van der Waals surface area contributed by atoms with Crippen LogP contribution in [0.3, 0.4) is 0 Å². The number of hydrogen-bond donors (Lipinski definition) is 1. The normalized spacial score (nSPS) is 27.0. The number of hydrogen-bond acceptors (Lipinski definition) is 4. The van der Waals surface area contributed by atoms with Crippen molar-refractivity contribution in [2.45, 2.75) is 39.2 Å². The lowest BCUT2D eigenvalue weighted by atomic mass is 9.93. The Kier molecular flexibility index (Phi) is 3.63. The van der Waals surface area contributed by atoms with Crippen LogP contribution in [0.4, 0.5) is 5.82 Å². The topological polar surface area (TPSA) is 37.8 Å². The summed E-state index contributed by atoms with van der Waals surface area (Å²) in [6.45, 7) is 4.62. The summed E-state index contributed by atoms with van der Waals surface area (Å²) in [5, 5.41) is 7.05. The number of halogens is 1. The van der Waals surface area contributed by atoms with Gasteiger partial charge >= 0.3 is 0 Å². The quantitative estimate of drug-likeness (QED) is 0.842. The molecule has 0 aliphatic heterocycles. The Labute approximate surface area is 122 Å². The lowest BCUT2D eigenvalue weighted by Crippen LogP contribution is -2.25. The third kappa shape index (κ3) is 2.43. The number of nitrogens with one attached hydrogen (secondary N) is 1. The zero-order valence-electron chi connectivity index (χ0n) is 11.2. The Bertz CT molecular complexity index is 583. The van der Waals surface area contributed by atoms with Crippen LogP contribution in [-0.2, 0) is 0 Å². The Balaban J connectivity index is 1.87. The molecule has 5 heteroatoms. The van der Waals surface area contributed by atoms with E-state index in [1.54, 1.807) is 11.3 Å². The lowest BCUT2D eigenvalue weighted by Gasteiger charge is -2.21. The van der Waals surface area contributed by atoms with Crippen LogP contribution >= 0.6 is 22.9 Å². The second-order valence-electron chi connectivity index (χ2n) is 5.34. The van der Waals surface area contributed by atoms with Crippen LogP contribution in [0.5, 0.6) is 0 Å². The smallest absolute Gasteiger partial charge is 0.225 e. The summed E-state index contributed by atoms with van der Waals surface area (Å²) in [4.78, 5) is 9.58. The highest BCUT2D eigenvalue weighted by atomic mass is 35.5. The molecule has 0 bridgehead atoms. The van der Waals surface area contributed by atoms with Crippen molar-refractivity contribution < 1.29 is 0 Å². The monoisotopic (exact) mass is 295 g/mol. The molecule has 0 spiro atoms. The second-order valence-corrected chi connectivity index (χ2v) is 6.57. The largest absolute Gasteiger partial charge is 0.366 e. The summed E-state index contributed by atoms with van der Waals surface area (Å²) in [7, 11) is 0. The maximum Gasteiger partial charge on any atom is 0.225 e.